The topological polar surface area (TPSA) is 37.3 Å². The predicted octanol–water partition coefficient (Wildman–Crippen LogP) is 4.36. The summed E-state index contributed by atoms with van der Waals surface area (Å²) in [6.45, 7) is 4.04. The molecule has 1 amide bonds. The monoisotopic (exact) mass is 395 g/mol. The van der Waals surface area contributed by atoms with Crippen LogP contribution in [0.4, 0.5) is 0 Å². The molecule has 3 heterocycles. The molecular weight excluding hydrogens is 366 g/mol. The van der Waals surface area contributed by atoms with Gasteiger partial charge in [-0.2, -0.15) is 11.3 Å². The van der Waals surface area contributed by atoms with Gasteiger partial charge in [0.1, 0.15) is 0 Å². The van der Waals surface area contributed by atoms with Crippen molar-refractivity contribution in [2.75, 3.05) is 26.2 Å². The first-order valence-corrected chi connectivity index (χ1v) is 11.2. The Morgan fingerprint density at radius 1 is 1.18 bits per heavy atom. The lowest BCUT2D eigenvalue weighted by molar-refractivity contribution is -0.121. The van der Waals surface area contributed by atoms with Gasteiger partial charge in [-0.3, -0.25) is 4.79 Å². The molecule has 0 saturated carbocycles. The van der Waals surface area contributed by atoms with E-state index >= 15 is 0 Å². The summed E-state index contributed by atoms with van der Waals surface area (Å²) in [5, 5.41) is 8.67. The Morgan fingerprint density at radius 2 is 2.00 bits per heavy atom. The van der Waals surface area contributed by atoms with Crippen LogP contribution >= 0.6 is 11.3 Å². The van der Waals surface area contributed by atoms with Crippen molar-refractivity contribution < 1.29 is 4.79 Å². The number of amides is 1. The highest BCUT2D eigenvalue weighted by Gasteiger charge is 2.22. The summed E-state index contributed by atoms with van der Waals surface area (Å²) in [6.07, 6.45) is 6.60. The first kappa shape index (κ1) is 19.2. The average molecular weight is 396 g/mol. The molecule has 148 valence electrons. The van der Waals surface area contributed by atoms with Crippen LogP contribution in [0.2, 0.25) is 0 Å². The zero-order valence-electron chi connectivity index (χ0n) is 16.6. The number of nitrogens with zero attached hydrogens (tertiary/aromatic N) is 2. The Hall–Kier alpha value is -2.11. The Kier molecular flexibility index (Phi) is 6.13. The van der Waals surface area contributed by atoms with Crippen molar-refractivity contribution in [3.8, 4) is 0 Å². The molecule has 0 aliphatic carbocycles. The number of likely N-dealkylation sites (tertiary alicyclic amines) is 1. The van der Waals surface area contributed by atoms with Crippen molar-refractivity contribution in [2.24, 2.45) is 7.05 Å². The van der Waals surface area contributed by atoms with Crippen molar-refractivity contribution >= 4 is 28.1 Å². The lowest BCUT2D eigenvalue weighted by Crippen LogP contribution is -2.38. The first-order valence-electron chi connectivity index (χ1n) is 10.3. The summed E-state index contributed by atoms with van der Waals surface area (Å²) in [4.78, 5) is 15.2. The number of carbonyl (C=O) groups excluding carboxylic acids is 1. The number of para-hydroxylation sites is 1. The van der Waals surface area contributed by atoms with E-state index in [1.165, 1.54) is 54.4 Å². The van der Waals surface area contributed by atoms with E-state index in [1.54, 1.807) is 11.3 Å². The maximum absolute atomic E-state index is 12.8. The Balaban J connectivity index is 1.47. The highest BCUT2D eigenvalue weighted by molar-refractivity contribution is 7.08. The second-order valence-corrected chi connectivity index (χ2v) is 8.56. The van der Waals surface area contributed by atoms with Gasteiger partial charge in [0.05, 0.1) is 0 Å². The summed E-state index contributed by atoms with van der Waals surface area (Å²) >= 11 is 1.69. The number of piperidine rings is 1. The third-order valence-corrected chi connectivity index (χ3v) is 6.54. The van der Waals surface area contributed by atoms with Gasteiger partial charge in [-0.05, 0) is 60.0 Å². The van der Waals surface area contributed by atoms with E-state index in [0.717, 1.165) is 13.1 Å². The number of nitrogens with one attached hydrogen (secondary N) is 1. The van der Waals surface area contributed by atoms with Crippen molar-refractivity contribution in [3.63, 3.8) is 0 Å². The number of carbonyl (C=O) groups is 1. The molecule has 1 N–H and O–H groups in total. The minimum atomic E-state index is 0.0901. The van der Waals surface area contributed by atoms with Crippen molar-refractivity contribution in [1.82, 2.24) is 14.8 Å². The van der Waals surface area contributed by atoms with Crippen LogP contribution in [0.3, 0.4) is 0 Å². The Bertz CT molecular complexity index is 909. The third kappa shape index (κ3) is 4.31. The van der Waals surface area contributed by atoms with E-state index in [1.807, 2.05) is 0 Å². The van der Waals surface area contributed by atoms with E-state index in [4.69, 9.17) is 0 Å². The highest BCUT2D eigenvalue weighted by Crippen LogP contribution is 2.35. The SMILES string of the molecule is Cn1cc(C(CC(=O)NCCN2CCCCC2)c2ccsc2)c2ccccc21. The normalized spacial score (nSPS) is 16.3. The van der Waals surface area contributed by atoms with Crippen molar-refractivity contribution in [1.29, 1.82) is 0 Å². The average Bonchev–Trinajstić information content (AvgIpc) is 3.36. The first-order chi connectivity index (χ1) is 13.7. The molecule has 5 heteroatoms. The van der Waals surface area contributed by atoms with Gasteiger partial charge in [0.25, 0.3) is 0 Å². The van der Waals surface area contributed by atoms with Crippen molar-refractivity contribution in [2.45, 2.75) is 31.6 Å². The van der Waals surface area contributed by atoms with Crippen LogP contribution in [0, 0.1) is 0 Å². The molecule has 1 aliphatic heterocycles. The molecule has 28 heavy (non-hydrogen) atoms. The number of aromatic nitrogens is 1. The van der Waals surface area contributed by atoms with Gasteiger partial charge in [-0.25, -0.2) is 0 Å². The second kappa shape index (κ2) is 8.93. The zero-order valence-corrected chi connectivity index (χ0v) is 17.4. The molecule has 0 radical (unpaired) electrons. The van der Waals surface area contributed by atoms with Gasteiger partial charge in [0.15, 0.2) is 0 Å². The molecule has 1 fully saturated rings. The fourth-order valence-electron chi connectivity index (χ4n) is 4.33. The van der Waals surface area contributed by atoms with Gasteiger partial charge in [-0.1, -0.05) is 24.6 Å². The van der Waals surface area contributed by atoms with Gasteiger partial charge >= 0.3 is 0 Å². The molecule has 0 spiro atoms. The largest absolute Gasteiger partial charge is 0.355 e. The maximum Gasteiger partial charge on any atom is 0.220 e. The van der Waals surface area contributed by atoms with Crippen LogP contribution in [0.15, 0.2) is 47.3 Å². The molecule has 1 aromatic carbocycles. The van der Waals surface area contributed by atoms with Gasteiger partial charge in [0.2, 0.25) is 5.91 Å². The Labute approximate surface area is 171 Å². The van der Waals surface area contributed by atoms with Crippen LogP contribution in [0.5, 0.6) is 0 Å². The molecule has 2 aromatic heterocycles. The van der Waals surface area contributed by atoms with Gasteiger partial charge in [-0.15, -0.1) is 0 Å². The molecule has 4 rings (SSSR count). The fraction of sp³-hybridized carbons (Fsp3) is 0.435. The lowest BCUT2D eigenvalue weighted by atomic mass is 9.89. The van der Waals surface area contributed by atoms with Crippen LogP contribution in [0.1, 0.15) is 42.7 Å². The lowest BCUT2D eigenvalue weighted by Gasteiger charge is -2.26. The second-order valence-electron chi connectivity index (χ2n) is 7.78. The molecule has 1 unspecified atom stereocenters. The summed E-state index contributed by atoms with van der Waals surface area (Å²) in [5.41, 5.74) is 3.68. The van der Waals surface area contributed by atoms with Crippen LogP contribution < -0.4 is 5.32 Å². The van der Waals surface area contributed by atoms with E-state index in [-0.39, 0.29) is 11.8 Å². The Morgan fingerprint density at radius 3 is 2.79 bits per heavy atom. The number of rotatable bonds is 7. The number of hydrogen-bond donors (Lipinski definition) is 1. The van der Waals surface area contributed by atoms with Gasteiger partial charge in [0, 0.05) is 49.6 Å². The molecule has 1 saturated heterocycles. The van der Waals surface area contributed by atoms with E-state index in [9.17, 15) is 4.79 Å². The van der Waals surface area contributed by atoms with Crippen LogP contribution in [0.25, 0.3) is 10.9 Å². The zero-order chi connectivity index (χ0) is 19.3. The number of fused-ring (bicyclic) bond motifs is 1. The number of benzene rings is 1. The predicted molar refractivity (Wildman–Crippen MR) is 117 cm³/mol. The summed E-state index contributed by atoms with van der Waals surface area (Å²) in [5.74, 6) is 0.230. The quantitative estimate of drug-likeness (QED) is 0.645. The summed E-state index contributed by atoms with van der Waals surface area (Å²) < 4.78 is 2.16. The number of aryl methyl sites for hydroxylation is 1. The van der Waals surface area contributed by atoms with Crippen molar-refractivity contribution in [3.05, 3.63) is 58.4 Å². The fourth-order valence-corrected chi connectivity index (χ4v) is 5.04. The molecule has 4 nitrogen and oxygen atoms in total. The smallest absolute Gasteiger partial charge is 0.220 e. The molecule has 0 bridgehead atoms. The molecule has 1 atom stereocenters. The van der Waals surface area contributed by atoms with E-state index < -0.39 is 0 Å². The third-order valence-electron chi connectivity index (χ3n) is 5.84. The molecule has 3 aromatic rings. The highest BCUT2D eigenvalue weighted by atomic mass is 32.1. The van der Waals surface area contributed by atoms with E-state index in [0.29, 0.717) is 6.42 Å². The molecular formula is C23H29N3OS. The maximum atomic E-state index is 12.8. The standard InChI is InChI=1S/C23H29N3OS/c1-25-16-21(19-7-3-4-8-22(19)25)20(18-9-14-28-17-18)15-23(27)24-10-13-26-11-5-2-6-12-26/h3-4,7-9,14,16-17,20H,2,5-6,10-13,15H2,1H3,(H,24,27). The van der Waals surface area contributed by atoms with Crippen LogP contribution in [-0.4, -0.2) is 41.6 Å². The van der Waals surface area contributed by atoms with Gasteiger partial charge < -0.3 is 14.8 Å². The van der Waals surface area contributed by atoms with E-state index in [2.05, 4.69) is 69.1 Å². The summed E-state index contributed by atoms with van der Waals surface area (Å²) in [7, 11) is 2.08. The minimum Gasteiger partial charge on any atom is -0.355 e. The van der Waals surface area contributed by atoms with Crippen LogP contribution in [-0.2, 0) is 11.8 Å². The summed E-state index contributed by atoms with van der Waals surface area (Å²) in [6, 6.07) is 10.6. The minimum absolute atomic E-state index is 0.0901. The number of hydrogen-bond acceptors (Lipinski definition) is 3. The number of thiophene rings is 1. The molecule has 1 aliphatic rings.